The second-order valence-electron chi connectivity index (χ2n) is 13.1. The molecule has 0 radical (unpaired) electrons. The number of para-hydroxylation sites is 2. The number of anilines is 2. The number of aliphatic hydroxyl groups is 2. The molecule has 0 spiro atoms. The molecule has 56 heavy (non-hydrogen) atoms. The predicted molar refractivity (Wildman–Crippen MR) is 227 cm³/mol. The molecule has 7 N–H and O–H groups in total. The van der Waals surface area contributed by atoms with E-state index in [2.05, 4.69) is 62.5 Å². The number of benzene rings is 4. The zero-order valence-corrected chi connectivity index (χ0v) is 33.7. The van der Waals surface area contributed by atoms with Gasteiger partial charge in [-0.1, -0.05) is 49.2 Å². The largest absolute Gasteiger partial charge is 0.395 e. The molecular weight excluding hydrogens is 749 g/mol. The van der Waals surface area contributed by atoms with E-state index in [1.165, 1.54) is 18.6 Å². The molecule has 1 amide bonds. The molecule has 0 bridgehead atoms. The minimum atomic E-state index is -0.553. The number of hydrogen-bond donors (Lipinski definition) is 6. The van der Waals surface area contributed by atoms with Gasteiger partial charge in [-0.15, -0.1) is 0 Å². The number of hydrogen-bond acceptors (Lipinski definition) is 10. The lowest BCUT2D eigenvalue weighted by Gasteiger charge is -2.20. The van der Waals surface area contributed by atoms with Crippen molar-refractivity contribution in [3.8, 4) is 17.1 Å². The lowest BCUT2D eigenvalue weighted by Crippen LogP contribution is -2.40. The highest BCUT2D eigenvalue weighted by molar-refractivity contribution is 6.30. The van der Waals surface area contributed by atoms with Crippen LogP contribution in [0.1, 0.15) is 51.0 Å². The second kappa shape index (κ2) is 22.6. The maximum Gasteiger partial charge on any atom is 0.268 e. The maximum atomic E-state index is 10.3. The van der Waals surface area contributed by atoms with Crippen LogP contribution in [0.15, 0.2) is 109 Å². The Hall–Kier alpha value is -4.95. The molecule has 296 valence electrons. The smallest absolute Gasteiger partial charge is 0.268 e. The van der Waals surface area contributed by atoms with E-state index in [1.54, 1.807) is 0 Å². The molecule has 3 aromatic carbocycles. The van der Waals surface area contributed by atoms with Crippen LogP contribution in [0, 0.1) is 0 Å². The summed E-state index contributed by atoms with van der Waals surface area (Å²) in [5, 5.41) is 30.0. The number of rotatable bonds is 14. The number of fused-ring (bicyclic) bond motifs is 2. The van der Waals surface area contributed by atoms with Crippen LogP contribution in [0.3, 0.4) is 0 Å². The number of aliphatic hydroxyl groups excluding tert-OH is 2. The molecular formula is C42H51Cl2N9O3. The predicted octanol–water partition coefficient (Wildman–Crippen LogP) is 6.77. The average molecular weight is 801 g/mol. The molecule has 14 heteroatoms. The zero-order valence-electron chi connectivity index (χ0n) is 32.2. The summed E-state index contributed by atoms with van der Waals surface area (Å²) in [5.41, 5.74) is 11.7. The van der Waals surface area contributed by atoms with Crippen molar-refractivity contribution in [1.29, 1.82) is 0 Å². The minimum absolute atomic E-state index is 0.130. The van der Waals surface area contributed by atoms with E-state index in [4.69, 9.17) is 49.1 Å². The molecule has 2 heterocycles. The first-order valence-corrected chi connectivity index (χ1v) is 19.3. The number of carbonyl (C=O) groups excluding carboxylic acids is 1. The first-order valence-electron chi connectivity index (χ1n) is 18.6. The van der Waals surface area contributed by atoms with E-state index in [1.807, 2.05) is 80.6 Å². The number of primary amides is 1. The molecule has 1 aliphatic heterocycles. The molecule has 2 atom stereocenters. The highest BCUT2D eigenvalue weighted by Crippen LogP contribution is 2.31. The van der Waals surface area contributed by atoms with Gasteiger partial charge < -0.3 is 36.5 Å². The van der Waals surface area contributed by atoms with E-state index in [0.717, 1.165) is 70.8 Å². The first-order chi connectivity index (χ1) is 27.1. The number of nitrogens with one attached hydrogen (secondary N) is 3. The quantitative estimate of drug-likeness (QED) is 0.0513. The van der Waals surface area contributed by atoms with Gasteiger partial charge in [0.1, 0.15) is 5.69 Å². The Morgan fingerprint density at radius 3 is 1.98 bits per heavy atom. The molecule has 12 nitrogen and oxygen atoms in total. The number of carbonyl (C=O) groups is 1. The average Bonchev–Trinajstić information content (AvgIpc) is 3.21. The van der Waals surface area contributed by atoms with Crippen LogP contribution >= 0.6 is 23.2 Å². The summed E-state index contributed by atoms with van der Waals surface area (Å²) < 4.78 is 2.21. The van der Waals surface area contributed by atoms with E-state index in [-0.39, 0.29) is 37.0 Å². The molecule has 0 fully saturated rings. The van der Waals surface area contributed by atoms with Gasteiger partial charge in [0, 0.05) is 65.0 Å². The van der Waals surface area contributed by atoms with Gasteiger partial charge in [0.05, 0.1) is 52.9 Å². The van der Waals surface area contributed by atoms with Crippen LogP contribution in [0.25, 0.3) is 28.1 Å². The third-order valence-electron chi connectivity index (χ3n) is 8.54. The normalized spacial score (nSPS) is 12.4. The van der Waals surface area contributed by atoms with Gasteiger partial charge in [0.25, 0.3) is 5.91 Å². The molecule has 4 aromatic rings. The molecule has 2 aliphatic rings. The molecule has 1 aliphatic carbocycles. The van der Waals surface area contributed by atoms with Crippen LogP contribution in [0.4, 0.5) is 11.4 Å². The van der Waals surface area contributed by atoms with Crippen molar-refractivity contribution in [1.82, 2.24) is 30.2 Å². The van der Waals surface area contributed by atoms with Crippen molar-refractivity contribution in [2.24, 2.45) is 10.7 Å². The molecule has 6 rings (SSSR count). The van der Waals surface area contributed by atoms with Crippen molar-refractivity contribution in [2.75, 3.05) is 31.6 Å². The Bertz CT molecular complexity index is 2110. The van der Waals surface area contributed by atoms with E-state index >= 15 is 0 Å². The monoisotopic (exact) mass is 799 g/mol. The summed E-state index contributed by atoms with van der Waals surface area (Å²) in [6, 6.07) is 28.3. The SMILES string of the molecule is CC(C)N=c1cc2n(-c3ccc(Cl)cc3)c3ccccc3nc-2cc1Nc1ccc(Cl)cc1.CC[C@@H](CO)NCCN[C@@H](CC)CO.NC(=O)c1cnccn1. The highest BCUT2D eigenvalue weighted by atomic mass is 35.5. The van der Waals surface area contributed by atoms with Crippen LogP contribution in [-0.4, -0.2) is 80.1 Å². The maximum absolute atomic E-state index is 10.3. The summed E-state index contributed by atoms with van der Waals surface area (Å²) in [5.74, 6) is -0.553. The van der Waals surface area contributed by atoms with Crippen LogP contribution in [0.2, 0.25) is 10.0 Å². The van der Waals surface area contributed by atoms with Crippen molar-refractivity contribution in [2.45, 2.75) is 58.7 Å². The number of nitrogens with zero attached hydrogens (tertiary/aromatic N) is 5. The van der Waals surface area contributed by atoms with Gasteiger partial charge in [-0.3, -0.25) is 14.8 Å². The minimum Gasteiger partial charge on any atom is -0.395 e. The Morgan fingerprint density at radius 2 is 1.46 bits per heavy atom. The van der Waals surface area contributed by atoms with Gasteiger partial charge in [-0.2, -0.15) is 0 Å². The standard InChI is InChI=1S/C27H22Cl2N4.C10H24N2O2.C5H5N3O/c1-17(2)30-24-16-27-25(15-23(24)31-20-11-7-18(28)8-12-20)32-22-5-3-4-6-26(22)33(27)21-13-9-19(29)10-14-21;1-3-9(7-13)11-5-6-12-10(4-2)8-14;6-5(9)4-3-7-1-2-8-4/h3-17,31H,1-2H3;9-14H,3-8H2,1-2H3;1-3H,(H2,6,9)/t;9-,10-;/m.0./s1. The number of halogens is 2. The van der Waals surface area contributed by atoms with Crippen LogP contribution in [-0.2, 0) is 0 Å². The lowest BCUT2D eigenvalue weighted by atomic mass is 10.1. The molecule has 1 aromatic heterocycles. The summed E-state index contributed by atoms with van der Waals surface area (Å²) in [4.78, 5) is 27.5. The van der Waals surface area contributed by atoms with Gasteiger partial charge in [-0.05, 0) is 99.5 Å². The summed E-state index contributed by atoms with van der Waals surface area (Å²) in [7, 11) is 0. The fraction of sp³-hybridized carbons (Fsp3) is 0.310. The van der Waals surface area contributed by atoms with Crippen LogP contribution in [0.5, 0.6) is 0 Å². The summed E-state index contributed by atoms with van der Waals surface area (Å²) in [6.07, 6.45) is 6.09. The van der Waals surface area contributed by atoms with Crippen molar-refractivity contribution in [3.05, 3.63) is 125 Å². The third-order valence-corrected chi connectivity index (χ3v) is 9.04. The lowest BCUT2D eigenvalue weighted by molar-refractivity contribution is 0.0995. The van der Waals surface area contributed by atoms with Crippen molar-refractivity contribution in [3.63, 3.8) is 0 Å². The highest BCUT2D eigenvalue weighted by Gasteiger charge is 2.17. The molecule has 0 saturated heterocycles. The van der Waals surface area contributed by atoms with Gasteiger partial charge in [-0.25, -0.2) is 9.97 Å². The second-order valence-corrected chi connectivity index (χ2v) is 13.9. The molecule has 0 saturated carbocycles. The van der Waals surface area contributed by atoms with E-state index in [0.29, 0.717) is 10.0 Å². The summed E-state index contributed by atoms with van der Waals surface area (Å²) >= 11 is 12.2. The number of aromatic nitrogens is 4. The molecule has 0 unspecified atom stereocenters. The number of nitrogens with two attached hydrogens (primary N) is 1. The first kappa shape index (κ1) is 43.8. The fourth-order valence-corrected chi connectivity index (χ4v) is 5.79. The van der Waals surface area contributed by atoms with Gasteiger partial charge in [0.2, 0.25) is 0 Å². The fourth-order valence-electron chi connectivity index (χ4n) is 5.54. The summed E-state index contributed by atoms with van der Waals surface area (Å²) in [6.45, 7) is 10.3. The van der Waals surface area contributed by atoms with Gasteiger partial charge >= 0.3 is 0 Å². The number of amides is 1. The topological polar surface area (TPSA) is 176 Å². The van der Waals surface area contributed by atoms with Crippen molar-refractivity contribution >= 4 is 51.5 Å². The Kier molecular flexibility index (Phi) is 17.6. The van der Waals surface area contributed by atoms with Gasteiger partial charge in [0.15, 0.2) is 0 Å². The Labute approximate surface area is 338 Å². The van der Waals surface area contributed by atoms with Crippen molar-refractivity contribution < 1.29 is 15.0 Å². The van der Waals surface area contributed by atoms with E-state index < -0.39 is 5.91 Å². The van der Waals surface area contributed by atoms with E-state index in [9.17, 15) is 4.79 Å². The Morgan fingerprint density at radius 1 is 0.857 bits per heavy atom. The Balaban J connectivity index is 0.000000249. The van der Waals surface area contributed by atoms with Crippen LogP contribution < -0.4 is 27.0 Å². The third kappa shape index (κ3) is 13.1. The zero-order chi connectivity index (χ0) is 40.5.